The molecule has 2 amide bonds. The van der Waals surface area contributed by atoms with Gasteiger partial charge < -0.3 is 20.3 Å². The van der Waals surface area contributed by atoms with E-state index in [-0.39, 0.29) is 19.3 Å². The molecule has 4 N–H and O–H groups in total. The molecular formula is C21H24N4O6. The number of anilines is 2. The normalized spacial score (nSPS) is 9.87. The molecule has 0 aliphatic rings. The zero-order valence-corrected chi connectivity index (χ0v) is 17.2. The van der Waals surface area contributed by atoms with Gasteiger partial charge in [0.2, 0.25) is 0 Å². The Morgan fingerprint density at radius 2 is 1.13 bits per heavy atom. The van der Waals surface area contributed by atoms with Crippen LogP contribution in [0, 0.1) is 0 Å². The third kappa shape index (κ3) is 7.69. The Hall–Kier alpha value is -4.08. The summed E-state index contributed by atoms with van der Waals surface area (Å²) < 4.78 is 0. The van der Waals surface area contributed by atoms with Gasteiger partial charge in [-0.25, -0.2) is 9.59 Å². The van der Waals surface area contributed by atoms with Crippen LogP contribution in [0.5, 0.6) is 0 Å². The predicted molar refractivity (Wildman–Crippen MR) is 113 cm³/mol. The molecule has 164 valence electrons. The molecule has 0 fully saturated rings. The van der Waals surface area contributed by atoms with E-state index in [1.54, 1.807) is 62.6 Å². The highest BCUT2D eigenvalue weighted by molar-refractivity contribution is 5.95. The lowest BCUT2D eigenvalue weighted by atomic mass is 10.2. The molecule has 2 aromatic carbocycles. The number of hydroxylamine groups is 2. The molecule has 31 heavy (non-hydrogen) atoms. The molecule has 2 rings (SSSR count). The van der Waals surface area contributed by atoms with Crippen molar-refractivity contribution in [1.82, 2.24) is 11.0 Å². The summed E-state index contributed by atoms with van der Waals surface area (Å²) in [7, 11) is 3.43. The quantitative estimate of drug-likeness (QED) is 0.469. The molecule has 0 heterocycles. The SMILES string of the molecule is CNc1cccc(C(=O)NOC(=O)CCCC(=O)ONC(=O)c2cccc(NC)c2)c1. The molecule has 0 aromatic heterocycles. The second-order valence-corrected chi connectivity index (χ2v) is 6.33. The molecule has 2 aromatic rings. The van der Waals surface area contributed by atoms with E-state index in [0.717, 1.165) is 11.4 Å². The molecule has 0 spiro atoms. The monoisotopic (exact) mass is 428 g/mol. The van der Waals surface area contributed by atoms with Crippen LogP contribution in [0.4, 0.5) is 11.4 Å². The summed E-state index contributed by atoms with van der Waals surface area (Å²) in [4.78, 5) is 56.8. The molecule has 10 heteroatoms. The summed E-state index contributed by atoms with van der Waals surface area (Å²) in [5, 5.41) is 5.79. The van der Waals surface area contributed by atoms with E-state index >= 15 is 0 Å². The van der Waals surface area contributed by atoms with Gasteiger partial charge in [0, 0.05) is 49.4 Å². The van der Waals surface area contributed by atoms with Crippen molar-refractivity contribution in [3.63, 3.8) is 0 Å². The minimum absolute atomic E-state index is 0.119. The number of carbonyl (C=O) groups is 4. The summed E-state index contributed by atoms with van der Waals surface area (Å²) in [6.45, 7) is 0. The van der Waals surface area contributed by atoms with Gasteiger partial charge >= 0.3 is 11.9 Å². The van der Waals surface area contributed by atoms with Gasteiger partial charge in [0.25, 0.3) is 11.8 Å². The summed E-state index contributed by atoms with van der Waals surface area (Å²) in [6, 6.07) is 13.3. The van der Waals surface area contributed by atoms with Crippen molar-refractivity contribution >= 4 is 35.1 Å². The Morgan fingerprint density at radius 1 is 0.710 bits per heavy atom. The highest BCUT2D eigenvalue weighted by Crippen LogP contribution is 2.10. The van der Waals surface area contributed by atoms with Crippen molar-refractivity contribution < 1.29 is 28.9 Å². The first-order valence-electron chi connectivity index (χ1n) is 9.48. The van der Waals surface area contributed by atoms with Crippen molar-refractivity contribution in [1.29, 1.82) is 0 Å². The maximum Gasteiger partial charge on any atom is 0.332 e. The van der Waals surface area contributed by atoms with Gasteiger partial charge in [0.1, 0.15) is 0 Å². The van der Waals surface area contributed by atoms with Crippen LogP contribution in [0.3, 0.4) is 0 Å². The molecule has 0 bridgehead atoms. The van der Waals surface area contributed by atoms with Crippen LogP contribution in [-0.2, 0) is 19.3 Å². The number of amides is 2. The molecule has 0 atom stereocenters. The van der Waals surface area contributed by atoms with Crippen molar-refractivity contribution in [2.24, 2.45) is 0 Å². The highest BCUT2D eigenvalue weighted by atomic mass is 16.7. The topological polar surface area (TPSA) is 135 Å². The second kappa shape index (κ2) is 11.8. The number of hydrogen-bond acceptors (Lipinski definition) is 8. The Bertz CT molecular complexity index is 871. The molecule has 0 aliphatic carbocycles. The van der Waals surface area contributed by atoms with Crippen LogP contribution in [0.25, 0.3) is 0 Å². The first-order valence-corrected chi connectivity index (χ1v) is 9.48. The maximum absolute atomic E-state index is 12.0. The molecule has 0 aliphatic heterocycles. The van der Waals surface area contributed by atoms with Gasteiger partial charge in [-0.05, 0) is 42.8 Å². The Labute approximate surface area is 179 Å². The number of carbonyl (C=O) groups excluding carboxylic acids is 4. The Balaban J connectivity index is 1.65. The smallest absolute Gasteiger partial charge is 0.332 e. The molecule has 0 saturated carbocycles. The van der Waals surface area contributed by atoms with E-state index in [4.69, 9.17) is 9.68 Å². The van der Waals surface area contributed by atoms with Crippen LogP contribution in [0.1, 0.15) is 40.0 Å². The summed E-state index contributed by atoms with van der Waals surface area (Å²) in [5.41, 5.74) is 6.23. The first kappa shape index (κ1) is 23.2. The van der Waals surface area contributed by atoms with Crippen molar-refractivity contribution in [3.8, 4) is 0 Å². The van der Waals surface area contributed by atoms with Gasteiger partial charge in [-0.1, -0.05) is 12.1 Å². The van der Waals surface area contributed by atoms with Crippen LogP contribution in [0.15, 0.2) is 48.5 Å². The number of benzene rings is 2. The van der Waals surface area contributed by atoms with Crippen molar-refractivity contribution in [2.45, 2.75) is 19.3 Å². The van der Waals surface area contributed by atoms with Crippen LogP contribution in [0.2, 0.25) is 0 Å². The first-order chi connectivity index (χ1) is 14.9. The lowest BCUT2D eigenvalue weighted by Crippen LogP contribution is -2.28. The molecule has 0 radical (unpaired) electrons. The summed E-state index contributed by atoms with van der Waals surface area (Å²) in [6.07, 6.45) is -0.123. The predicted octanol–water partition coefficient (Wildman–Crippen LogP) is 2.02. The largest absolute Gasteiger partial charge is 0.388 e. The third-order valence-electron chi connectivity index (χ3n) is 4.10. The van der Waals surface area contributed by atoms with Crippen LogP contribution < -0.4 is 21.6 Å². The number of hydrogen-bond donors (Lipinski definition) is 4. The van der Waals surface area contributed by atoms with Crippen molar-refractivity contribution in [3.05, 3.63) is 59.7 Å². The van der Waals surface area contributed by atoms with Crippen LogP contribution >= 0.6 is 0 Å². The lowest BCUT2D eigenvalue weighted by Gasteiger charge is -2.08. The summed E-state index contributed by atoms with van der Waals surface area (Å²) >= 11 is 0. The Morgan fingerprint density at radius 3 is 1.52 bits per heavy atom. The molecular weight excluding hydrogens is 404 g/mol. The average molecular weight is 428 g/mol. The van der Waals surface area contributed by atoms with E-state index < -0.39 is 23.8 Å². The lowest BCUT2D eigenvalue weighted by molar-refractivity contribution is -0.151. The molecule has 0 saturated heterocycles. The van der Waals surface area contributed by atoms with E-state index in [9.17, 15) is 19.2 Å². The zero-order valence-electron chi connectivity index (χ0n) is 17.2. The summed E-state index contributed by atoms with van der Waals surface area (Å²) in [5.74, 6) is -2.57. The van der Waals surface area contributed by atoms with Crippen molar-refractivity contribution in [2.75, 3.05) is 24.7 Å². The van der Waals surface area contributed by atoms with Gasteiger partial charge in [-0.15, -0.1) is 0 Å². The fourth-order valence-electron chi connectivity index (χ4n) is 2.44. The minimum atomic E-state index is -0.709. The highest BCUT2D eigenvalue weighted by Gasteiger charge is 2.13. The average Bonchev–Trinajstić information content (AvgIpc) is 2.80. The number of nitrogens with one attached hydrogen (secondary N) is 4. The number of rotatable bonds is 8. The van der Waals surface area contributed by atoms with E-state index in [1.165, 1.54) is 0 Å². The van der Waals surface area contributed by atoms with Gasteiger partial charge in [0.05, 0.1) is 0 Å². The maximum atomic E-state index is 12.0. The Kier molecular flexibility index (Phi) is 8.84. The second-order valence-electron chi connectivity index (χ2n) is 6.33. The minimum Gasteiger partial charge on any atom is -0.388 e. The fourth-order valence-corrected chi connectivity index (χ4v) is 2.44. The zero-order chi connectivity index (χ0) is 22.6. The molecule has 10 nitrogen and oxygen atoms in total. The fraction of sp³-hybridized carbons (Fsp3) is 0.238. The standard InChI is InChI=1S/C21H24N4O6/c1-22-16-8-3-6-14(12-16)20(28)24-30-18(26)10-5-11-19(27)31-25-21(29)15-7-4-9-17(13-15)23-2/h3-4,6-9,12-13,22-23H,5,10-11H2,1-2H3,(H,24,28)(H,25,29). The van der Waals surface area contributed by atoms with Gasteiger partial charge in [-0.2, -0.15) is 11.0 Å². The van der Waals surface area contributed by atoms with E-state index in [2.05, 4.69) is 21.6 Å². The molecule has 0 unspecified atom stereocenters. The van der Waals surface area contributed by atoms with E-state index in [1.807, 2.05) is 0 Å². The van der Waals surface area contributed by atoms with Gasteiger partial charge in [0.15, 0.2) is 0 Å². The third-order valence-corrected chi connectivity index (χ3v) is 4.10. The van der Waals surface area contributed by atoms with E-state index in [0.29, 0.717) is 11.1 Å². The van der Waals surface area contributed by atoms with Gasteiger partial charge in [-0.3, -0.25) is 9.59 Å². The van der Waals surface area contributed by atoms with Crippen LogP contribution in [-0.4, -0.2) is 37.8 Å².